The highest BCUT2D eigenvalue weighted by molar-refractivity contribution is 6.68. The molecule has 0 unspecified atom stereocenters. The predicted molar refractivity (Wildman–Crippen MR) is 54.5 cm³/mol. The molecule has 0 heterocycles. The summed E-state index contributed by atoms with van der Waals surface area (Å²) in [5.74, 6) is -0.246. The number of ether oxygens (including phenoxy) is 1. The fourth-order valence-electron chi connectivity index (χ4n) is 1.17. The fraction of sp³-hybridized carbons (Fsp3) is 0.111. The van der Waals surface area contributed by atoms with E-state index >= 15 is 0 Å². The van der Waals surface area contributed by atoms with Crippen LogP contribution in [0.2, 0.25) is 0 Å². The van der Waals surface area contributed by atoms with Gasteiger partial charge in [0.25, 0.3) is 5.24 Å². The van der Waals surface area contributed by atoms with Crippen LogP contribution >= 0.6 is 11.6 Å². The molecule has 1 aromatic rings. The summed E-state index contributed by atoms with van der Waals surface area (Å²) in [6.07, 6.45) is 0. The molecule has 0 bridgehead atoms. The van der Waals surface area contributed by atoms with Crippen LogP contribution in [0.25, 0.3) is 0 Å². The van der Waals surface area contributed by atoms with E-state index in [1.54, 1.807) is 6.07 Å². The summed E-state index contributed by atoms with van der Waals surface area (Å²) in [7, 11) is 1.18. The van der Waals surface area contributed by atoms with Gasteiger partial charge in [-0.2, -0.15) is 5.26 Å². The highest BCUT2D eigenvalue weighted by Crippen LogP contribution is 2.33. The molecular weight excluding hydrogens is 236 g/mol. The summed E-state index contributed by atoms with van der Waals surface area (Å²) >= 11 is 5.24. The Balaban J connectivity index is 3.61. The van der Waals surface area contributed by atoms with Gasteiger partial charge in [-0.05, 0) is 17.7 Å². The van der Waals surface area contributed by atoms with Crippen molar-refractivity contribution in [1.82, 2.24) is 0 Å². The average molecular weight is 241 g/mol. The summed E-state index contributed by atoms with van der Waals surface area (Å²) in [6.45, 7) is 0. The van der Waals surface area contributed by atoms with E-state index in [-0.39, 0.29) is 16.9 Å². The second-order valence-corrected chi connectivity index (χ2v) is 3.06. The maximum Gasteiger partial charge on any atom is 0.313 e. The lowest BCUT2D eigenvalue weighted by molar-refractivity contribution is -0.385. The molecule has 0 aliphatic heterocycles. The normalized spacial score (nSPS) is 9.31. The summed E-state index contributed by atoms with van der Waals surface area (Å²) in [5, 5.41) is 18.4. The number of hydrogen-bond donors (Lipinski definition) is 0. The number of carbonyl (C=O) groups excluding carboxylic acids is 1. The molecule has 7 heteroatoms. The van der Waals surface area contributed by atoms with Crippen molar-refractivity contribution >= 4 is 22.5 Å². The minimum absolute atomic E-state index is 0.0310. The van der Waals surface area contributed by atoms with Crippen molar-refractivity contribution in [3.05, 3.63) is 33.4 Å². The zero-order chi connectivity index (χ0) is 12.3. The highest BCUT2D eigenvalue weighted by atomic mass is 35.5. The number of methoxy groups -OCH3 is 1. The first-order valence-corrected chi connectivity index (χ1v) is 4.35. The molecular formula is C9H5ClN2O4. The van der Waals surface area contributed by atoms with Gasteiger partial charge in [0.05, 0.1) is 29.2 Å². The molecule has 0 fully saturated rings. The summed E-state index contributed by atoms with van der Waals surface area (Å²) < 4.78 is 4.74. The van der Waals surface area contributed by atoms with Crippen LogP contribution in [0.1, 0.15) is 15.9 Å². The van der Waals surface area contributed by atoms with Gasteiger partial charge in [-0.1, -0.05) is 0 Å². The Labute approximate surface area is 95.2 Å². The molecule has 6 nitrogen and oxygen atoms in total. The third kappa shape index (κ3) is 2.10. The maximum absolute atomic E-state index is 11.0. The van der Waals surface area contributed by atoms with Gasteiger partial charge in [0, 0.05) is 6.07 Å². The molecule has 16 heavy (non-hydrogen) atoms. The molecule has 1 aromatic carbocycles. The Morgan fingerprint density at radius 2 is 2.25 bits per heavy atom. The van der Waals surface area contributed by atoms with Crippen LogP contribution in [-0.2, 0) is 0 Å². The zero-order valence-electron chi connectivity index (χ0n) is 8.06. The van der Waals surface area contributed by atoms with Crippen molar-refractivity contribution in [3.63, 3.8) is 0 Å². The number of nitriles is 1. The smallest absolute Gasteiger partial charge is 0.313 e. The first-order valence-electron chi connectivity index (χ1n) is 3.97. The molecule has 0 radical (unpaired) electrons. The molecule has 0 N–H and O–H groups in total. The minimum atomic E-state index is -0.919. The molecule has 0 saturated heterocycles. The van der Waals surface area contributed by atoms with Crippen molar-refractivity contribution in [3.8, 4) is 11.8 Å². The van der Waals surface area contributed by atoms with Gasteiger partial charge in [-0.3, -0.25) is 14.9 Å². The second kappa shape index (κ2) is 4.59. The third-order valence-corrected chi connectivity index (χ3v) is 2.01. The summed E-state index contributed by atoms with van der Waals surface area (Å²) in [6, 6.07) is 3.85. The number of carbonyl (C=O) groups is 1. The lowest BCUT2D eigenvalue weighted by Crippen LogP contribution is -2.01. The molecule has 0 aliphatic carbocycles. The molecule has 0 aliphatic rings. The predicted octanol–water partition coefficient (Wildman–Crippen LogP) is 1.85. The lowest BCUT2D eigenvalue weighted by Gasteiger charge is -2.05. The first-order chi connectivity index (χ1) is 7.51. The van der Waals surface area contributed by atoms with Gasteiger partial charge in [-0.15, -0.1) is 0 Å². The van der Waals surface area contributed by atoms with Gasteiger partial charge < -0.3 is 4.74 Å². The fourth-order valence-corrected chi connectivity index (χ4v) is 1.31. The van der Waals surface area contributed by atoms with Gasteiger partial charge >= 0.3 is 5.69 Å². The molecule has 0 aromatic heterocycles. The standard InChI is InChI=1S/C9H5ClN2O4/c1-16-8-6(9(10)13)2-5(4-11)3-7(8)12(14)15/h2-3H,1H3. The molecule has 82 valence electrons. The Morgan fingerprint density at radius 3 is 2.62 bits per heavy atom. The highest BCUT2D eigenvalue weighted by Gasteiger charge is 2.23. The van der Waals surface area contributed by atoms with E-state index in [2.05, 4.69) is 0 Å². The number of nitro groups is 1. The van der Waals surface area contributed by atoms with Gasteiger partial charge in [0.1, 0.15) is 0 Å². The quantitative estimate of drug-likeness (QED) is 0.457. The van der Waals surface area contributed by atoms with E-state index in [9.17, 15) is 14.9 Å². The Hall–Kier alpha value is -2.13. The number of nitrogens with zero attached hydrogens (tertiary/aromatic N) is 2. The molecule has 0 spiro atoms. The van der Waals surface area contributed by atoms with Crippen LogP contribution in [0.4, 0.5) is 5.69 Å². The van der Waals surface area contributed by atoms with Crippen LogP contribution < -0.4 is 4.74 Å². The van der Waals surface area contributed by atoms with E-state index in [0.717, 1.165) is 12.1 Å². The zero-order valence-corrected chi connectivity index (χ0v) is 8.82. The van der Waals surface area contributed by atoms with Gasteiger partial charge in [-0.25, -0.2) is 0 Å². The number of hydrogen-bond acceptors (Lipinski definition) is 5. The monoisotopic (exact) mass is 240 g/mol. The molecule has 0 atom stereocenters. The first kappa shape index (κ1) is 11.9. The number of rotatable bonds is 3. The van der Waals surface area contributed by atoms with Crippen LogP contribution in [0.15, 0.2) is 12.1 Å². The maximum atomic E-state index is 11.0. The Morgan fingerprint density at radius 1 is 1.62 bits per heavy atom. The Bertz CT molecular complexity index is 472. The van der Waals surface area contributed by atoms with Crippen LogP contribution in [0, 0.1) is 21.4 Å². The number of halogens is 1. The van der Waals surface area contributed by atoms with Crippen LogP contribution in [0.5, 0.6) is 5.75 Å². The molecule has 1 rings (SSSR count). The van der Waals surface area contributed by atoms with Crippen molar-refractivity contribution < 1.29 is 14.5 Å². The van der Waals surface area contributed by atoms with Crippen molar-refractivity contribution in [2.45, 2.75) is 0 Å². The second-order valence-electron chi connectivity index (χ2n) is 2.72. The topological polar surface area (TPSA) is 93.2 Å². The minimum Gasteiger partial charge on any atom is -0.490 e. The van der Waals surface area contributed by atoms with Gasteiger partial charge in [0.2, 0.25) is 5.75 Å². The number of benzene rings is 1. The molecule has 0 saturated carbocycles. The lowest BCUT2D eigenvalue weighted by atomic mass is 10.1. The number of nitro benzene ring substituents is 1. The van der Waals surface area contributed by atoms with Crippen molar-refractivity contribution in [2.75, 3.05) is 7.11 Å². The van der Waals surface area contributed by atoms with Crippen LogP contribution in [0.3, 0.4) is 0 Å². The third-order valence-electron chi connectivity index (χ3n) is 1.81. The Kier molecular flexibility index (Phi) is 3.43. The largest absolute Gasteiger partial charge is 0.490 e. The van der Waals surface area contributed by atoms with E-state index in [1.165, 1.54) is 7.11 Å². The summed E-state index contributed by atoms with van der Waals surface area (Å²) in [5.41, 5.74) is -0.697. The van der Waals surface area contributed by atoms with E-state index in [0.29, 0.717) is 0 Å². The SMILES string of the molecule is COc1c(C(=O)Cl)cc(C#N)cc1[N+](=O)[O-]. The van der Waals surface area contributed by atoms with Crippen molar-refractivity contribution in [2.24, 2.45) is 0 Å². The van der Waals surface area contributed by atoms with E-state index in [1.807, 2.05) is 0 Å². The molecule has 0 amide bonds. The van der Waals surface area contributed by atoms with E-state index in [4.69, 9.17) is 21.6 Å². The average Bonchev–Trinajstić information content (AvgIpc) is 2.26. The van der Waals surface area contributed by atoms with Gasteiger partial charge in [0.15, 0.2) is 0 Å². The van der Waals surface area contributed by atoms with E-state index < -0.39 is 15.9 Å². The van der Waals surface area contributed by atoms with Crippen molar-refractivity contribution in [1.29, 1.82) is 5.26 Å². The summed E-state index contributed by atoms with van der Waals surface area (Å²) in [4.78, 5) is 21.0. The van der Waals surface area contributed by atoms with Crippen LogP contribution in [-0.4, -0.2) is 17.3 Å².